The zero-order valence-electron chi connectivity index (χ0n) is 15.5. The number of halogens is 1. The van der Waals surface area contributed by atoms with E-state index >= 15 is 0 Å². The van der Waals surface area contributed by atoms with Gasteiger partial charge >= 0.3 is 0 Å². The van der Waals surface area contributed by atoms with Crippen LogP contribution in [0.25, 0.3) is 0 Å². The number of nitrogens with one attached hydrogen (secondary N) is 2. The van der Waals surface area contributed by atoms with Gasteiger partial charge in [-0.1, -0.05) is 17.7 Å². The summed E-state index contributed by atoms with van der Waals surface area (Å²) in [5.74, 6) is -0.291. The number of nitrogens with zero attached hydrogens (tertiary/aromatic N) is 1. The summed E-state index contributed by atoms with van der Waals surface area (Å²) < 4.78 is 5.44. The first-order valence-corrected chi connectivity index (χ1v) is 10.5. The van der Waals surface area contributed by atoms with Crippen LogP contribution < -0.4 is 10.6 Å². The second-order valence-corrected chi connectivity index (χ2v) is 7.91. The molecule has 150 valence electrons. The van der Waals surface area contributed by atoms with Gasteiger partial charge < -0.3 is 15.4 Å². The van der Waals surface area contributed by atoms with Crippen molar-refractivity contribution in [3.63, 3.8) is 0 Å². The molecule has 0 saturated carbocycles. The Bertz CT molecular complexity index is 762. The highest BCUT2D eigenvalue weighted by Gasteiger charge is 2.23. The summed E-state index contributed by atoms with van der Waals surface area (Å²) >= 11 is 7.52. The molecule has 1 aromatic heterocycles. The summed E-state index contributed by atoms with van der Waals surface area (Å²) in [5.41, 5.74) is 0.523. The van der Waals surface area contributed by atoms with E-state index in [4.69, 9.17) is 16.3 Å². The number of rotatable bonds is 8. The van der Waals surface area contributed by atoms with Crippen molar-refractivity contribution in [1.29, 1.82) is 0 Å². The van der Waals surface area contributed by atoms with Crippen molar-refractivity contribution >= 4 is 34.8 Å². The molecule has 0 aliphatic carbocycles. The highest BCUT2D eigenvalue weighted by atomic mass is 35.5. The Kier molecular flexibility index (Phi) is 7.85. The topological polar surface area (TPSA) is 70.7 Å². The average Bonchev–Trinajstić information content (AvgIpc) is 3.24. The van der Waals surface area contributed by atoms with Crippen LogP contribution in [0.3, 0.4) is 0 Å². The second kappa shape index (κ2) is 10.6. The van der Waals surface area contributed by atoms with Crippen LogP contribution in [0.2, 0.25) is 5.02 Å². The molecule has 1 aliphatic rings. The lowest BCUT2D eigenvalue weighted by Gasteiger charge is -2.34. The molecule has 1 fully saturated rings. The summed E-state index contributed by atoms with van der Waals surface area (Å²) in [6.07, 6.45) is 0.236. The van der Waals surface area contributed by atoms with Gasteiger partial charge in [0.25, 0.3) is 5.91 Å². The van der Waals surface area contributed by atoms with Crippen molar-refractivity contribution in [2.45, 2.75) is 12.5 Å². The molecular weight excluding hydrogens is 398 g/mol. The van der Waals surface area contributed by atoms with Gasteiger partial charge in [0, 0.05) is 48.1 Å². The van der Waals surface area contributed by atoms with E-state index in [-0.39, 0.29) is 30.8 Å². The van der Waals surface area contributed by atoms with Crippen molar-refractivity contribution in [3.8, 4) is 0 Å². The third-order valence-electron chi connectivity index (χ3n) is 4.59. The Morgan fingerprint density at radius 2 is 1.89 bits per heavy atom. The van der Waals surface area contributed by atoms with E-state index in [0.29, 0.717) is 30.3 Å². The summed E-state index contributed by atoms with van der Waals surface area (Å²) in [6, 6.07) is 10.9. The van der Waals surface area contributed by atoms with Crippen LogP contribution in [0.4, 0.5) is 0 Å². The molecule has 2 heterocycles. The molecule has 1 aliphatic heterocycles. The molecule has 1 saturated heterocycles. The molecule has 0 spiro atoms. The lowest BCUT2D eigenvalue weighted by molar-refractivity contribution is -0.121. The predicted molar refractivity (Wildman–Crippen MR) is 111 cm³/mol. The third kappa shape index (κ3) is 6.04. The van der Waals surface area contributed by atoms with Crippen molar-refractivity contribution in [1.82, 2.24) is 15.5 Å². The normalized spacial score (nSPS) is 15.8. The zero-order chi connectivity index (χ0) is 19.8. The van der Waals surface area contributed by atoms with Crippen LogP contribution in [0.15, 0.2) is 41.8 Å². The van der Waals surface area contributed by atoms with Gasteiger partial charge in [-0.2, -0.15) is 0 Å². The second-order valence-electron chi connectivity index (χ2n) is 6.50. The molecule has 2 aromatic rings. The molecule has 1 unspecified atom stereocenters. The molecule has 0 radical (unpaired) electrons. The Labute approximate surface area is 173 Å². The standard InChI is InChI=1S/C20H24ClN3O3S/c21-16-5-3-15(4-6-16)20(26)22-8-7-19(25)23-14-17(18-2-1-13-28-18)24-9-11-27-12-10-24/h1-6,13,17H,7-12,14H2,(H,22,26)(H,23,25). The van der Waals surface area contributed by atoms with Crippen LogP contribution in [-0.4, -0.2) is 56.1 Å². The van der Waals surface area contributed by atoms with Gasteiger partial charge in [0.15, 0.2) is 0 Å². The number of benzene rings is 1. The Morgan fingerprint density at radius 1 is 1.14 bits per heavy atom. The summed E-state index contributed by atoms with van der Waals surface area (Å²) in [5, 5.41) is 8.40. The van der Waals surface area contributed by atoms with Crippen LogP contribution in [0.1, 0.15) is 27.7 Å². The molecular formula is C20H24ClN3O3S. The number of carbonyl (C=O) groups is 2. The summed E-state index contributed by atoms with van der Waals surface area (Å²) in [7, 11) is 0. The van der Waals surface area contributed by atoms with E-state index in [2.05, 4.69) is 27.0 Å². The fourth-order valence-corrected chi connectivity index (χ4v) is 4.06. The molecule has 2 N–H and O–H groups in total. The molecule has 28 heavy (non-hydrogen) atoms. The van der Waals surface area contributed by atoms with E-state index in [1.807, 2.05) is 6.07 Å². The van der Waals surface area contributed by atoms with Gasteiger partial charge in [-0.25, -0.2) is 0 Å². The van der Waals surface area contributed by atoms with Gasteiger partial charge in [0.05, 0.1) is 19.3 Å². The zero-order valence-corrected chi connectivity index (χ0v) is 17.1. The maximum atomic E-state index is 12.2. The first-order valence-electron chi connectivity index (χ1n) is 9.29. The smallest absolute Gasteiger partial charge is 0.251 e. The minimum Gasteiger partial charge on any atom is -0.379 e. The highest BCUT2D eigenvalue weighted by molar-refractivity contribution is 7.10. The number of carbonyl (C=O) groups excluding carboxylic acids is 2. The van der Waals surface area contributed by atoms with Crippen LogP contribution in [0, 0.1) is 0 Å². The van der Waals surface area contributed by atoms with Crippen molar-refractivity contribution < 1.29 is 14.3 Å². The van der Waals surface area contributed by atoms with E-state index in [1.165, 1.54) is 4.88 Å². The molecule has 0 bridgehead atoms. The number of hydrogen-bond donors (Lipinski definition) is 2. The monoisotopic (exact) mass is 421 g/mol. The van der Waals surface area contributed by atoms with E-state index in [1.54, 1.807) is 35.6 Å². The quantitative estimate of drug-likeness (QED) is 0.687. The van der Waals surface area contributed by atoms with Crippen molar-refractivity contribution in [2.75, 3.05) is 39.4 Å². The van der Waals surface area contributed by atoms with Crippen LogP contribution >= 0.6 is 22.9 Å². The number of hydrogen-bond acceptors (Lipinski definition) is 5. The van der Waals surface area contributed by atoms with Crippen LogP contribution in [-0.2, 0) is 9.53 Å². The van der Waals surface area contributed by atoms with Gasteiger partial charge in [0.1, 0.15) is 0 Å². The number of amides is 2. The molecule has 6 nitrogen and oxygen atoms in total. The molecule has 2 amide bonds. The Balaban J connectivity index is 1.44. The SMILES string of the molecule is O=C(CCNC(=O)c1ccc(Cl)cc1)NCC(c1cccs1)N1CCOCC1. The molecule has 3 rings (SSSR count). The van der Waals surface area contributed by atoms with E-state index < -0.39 is 0 Å². The highest BCUT2D eigenvalue weighted by Crippen LogP contribution is 2.25. The van der Waals surface area contributed by atoms with E-state index in [0.717, 1.165) is 13.1 Å². The van der Waals surface area contributed by atoms with Crippen LogP contribution in [0.5, 0.6) is 0 Å². The minimum absolute atomic E-state index is 0.0776. The van der Waals surface area contributed by atoms with Crippen molar-refractivity contribution in [3.05, 3.63) is 57.2 Å². The summed E-state index contributed by atoms with van der Waals surface area (Å²) in [6.45, 7) is 3.98. The summed E-state index contributed by atoms with van der Waals surface area (Å²) in [4.78, 5) is 27.9. The average molecular weight is 422 g/mol. The lowest BCUT2D eigenvalue weighted by atomic mass is 10.2. The lowest BCUT2D eigenvalue weighted by Crippen LogP contribution is -2.43. The van der Waals surface area contributed by atoms with Crippen molar-refractivity contribution in [2.24, 2.45) is 0 Å². The largest absolute Gasteiger partial charge is 0.379 e. The number of thiophene rings is 1. The van der Waals surface area contributed by atoms with E-state index in [9.17, 15) is 9.59 Å². The maximum Gasteiger partial charge on any atom is 0.251 e. The maximum absolute atomic E-state index is 12.2. The van der Waals surface area contributed by atoms with Gasteiger partial charge in [-0.15, -0.1) is 11.3 Å². The third-order valence-corrected chi connectivity index (χ3v) is 5.82. The predicted octanol–water partition coefficient (Wildman–Crippen LogP) is 2.71. The molecule has 1 aromatic carbocycles. The Hall–Kier alpha value is -1.93. The number of morpholine rings is 1. The Morgan fingerprint density at radius 3 is 2.57 bits per heavy atom. The van der Waals surface area contributed by atoms with Gasteiger partial charge in [0.2, 0.25) is 5.91 Å². The fourth-order valence-electron chi connectivity index (χ4n) is 3.07. The van der Waals surface area contributed by atoms with Gasteiger partial charge in [-0.05, 0) is 35.7 Å². The fraction of sp³-hybridized carbons (Fsp3) is 0.400. The van der Waals surface area contributed by atoms with Gasteiger partial charge in [-0.3, -0.25) is 14.5 Å². The first-order chi connectivity index (χ1) is 13.6. The molecule has 8 heteroatoms. The number of ether oxygens (including phenoxy) is 1. The minimum atomic E-state index is -0.214. The molecule has 1 atom stereocenters. The first kappa shape index (κ1) is 20.8.